The largest absolute Gasteiger partial charge is 0.462 e. The molecule has 0 aliphatic carbocycles. The summed E-state index contributed by atoms with van der Waals surface area (Å²) in [7, 11) is 0. The zero-order chi connectivity index (χ0) is 17.1. The summed E-state index contributed by atoms with van der Waals surface area (Å²) in [5.41, 5.74) is 2.28. The average Bonchev–Trinajstić information content (AvgIpc) is 2.59. The number of carbonyl (C=O) groups excluding carboxylic acids is 1. The fraction of sp³-hybridized carbons (Fsp3) is 0.158. The van der Waals surface area contributed by atoms with Crippen LogP contribution in [0.25, 0.3) is 10.8 Å². The molecule has 3 aromatic rings. The van der Waals surface area contributed by atoms with Crippen molar-refractivity contribution in [3.05, 3.63) is 64.8 Å². The van der Waals surface area contributed by atoms with Crippen molar-refractivity contribution in [3.63, 3.8) is 0 Å². The lowest BCUT2D eigenvalue weighted by molar-refractivity contribution is 0.0528. The molecule has 4 nitrogen and oxygen atoms in total. The van der Waals surface area contributed by atoms with Crippen molar-refractivity contribution in [1.29, 1.82) is 0 Å². The van der Waals surface area contributed by atoms with Crippen LogP contribution in [0.4, 0.5) is 11.5 Å². The first-order chi connectivity index (χ1) is 11.6. The molecule has 0 bridgehead atoms. The molecule has 0 amide bonds. The number of hydrogen-bond acceptors (Lipinski definition) is 4. The van der Waals surface area contributed by atoms with Gasteiger partial charge in [-0.05, 0) is 31.5 Å². The van der Waals surface area contributed by atoms with E-state index in [2.05, 4.69) is 10.3 Å². The highest BCUT2D eigenvalue weighted by Crippen LogP contribution is 2.30. The third-order valence-electron chi connectivity index (χ3n) is 3.81. The lowest BCUT2D eigenvalue weighted by atomic mass is 10.1. The van der Waals surface area contributed by atoms with Crippen molar-refractivity contribution in [2.24, 2.45) is 0 Å². The van der Waals surface area contributed by atoms with E-state index in [4.69, 9.17) is 16.3 Å². The second kappa shape index (κ2) is 6.89. The van der Waals surface area contributed by atoms with Gasteiger partial charge in [0.1, 0.15) is 5.82 Å². The Bertz CT molecular complexity index is 909. The lowest BCUT2D eigenvalue weighted by Crippen LogP contribution is -2.07. The van der Waals surface area contributed by atoms with Crippen molar-refractivity contribution in [2.45, 2.75) is 13.8 Å². The molecule has 0 unspecified atom stereocenters. The molecule has 0 spiro atoms. The number of benzene rings is 2. The number of esters is 1. The van der Waals surface area contributed by atoms with Crippen molar-refractivity contribution in [2.75, 3.05) is 11.9 Å². The number of nitrogens with one attached hydrogen (secondary N) is 1. The normalized spacial score (nSPS) is 10.6. The summed E-state index contributed by atoms with van der Waals surface area (Å²) in [4.78, 5) is 16.5. The average molecular weight is 341 g/mol. The topological polar surface area (TPSA) is 51.2 Å². The molecule has 0 aliphatic rings. The van der Waals surface area contributed by atoms with E-state index >= 15 is 0 Å². The van der Waals surface area contributed by atoms with Gasteiger partial charge in [-0.2, -0.15) is 0 Å². The van der Waals surface area contributed by atoms with E-state index in [9.17, 15) is 4.79 Å². The number of nitrogens with zero attached hydrogens (tertiary/aromatic N) is 1. The van der Waals surface area contributed by atoms with Crippen LogP contribution in [0, 0.1) is 6.92 Å². The number of fused-ring (bicyclic) bond motifs is 1. The van der Waals surface area contributed by atoms with Crippen LogP contribution in [0.3, 0.4) is 0 Å². The van der Waals surface area contributed by atoms with E-state index in [1.54, 1.807) is 13.1 Å². The molecule has 1 heterocycles. The van der Waals surface area contributed by atoms with Gasteiger partial charge in [-0.3, -0.25) is 0 Å². The van der Waals surface area contributed by atoms with Crippen LogP contribution in [0.1, 0.15) is 22.8 Å². The van der Waals surface area contributed by atoms with Crippen LogP contribution in [0.5, 0.6) is 0 Å². The van der Waals surface area contributed by atoms with E-state index in [-0.39, 0.29) is 5.97 Å². The van der Waals surface area contributed by atoms with E-state index in [0.717, 1.165) is 22.0 Å². The molecule has 0 radical (unpaired) electrons. The highest BCUT2D eigenvalue weighted by atomic mass is 35.5. The van der Waals surface area contributed by atoms with Gasteiger partial charge in [0.05, 0.1) is 12.2 Å². The number of carbonyl (C=O) groups is 1. The van der Waals surface area contributed by atoms with Crippen molar-refractivity contribution < 1.29 is 9.53 Å². The number of pyridine rings is 1. The molecule has 122 valence electrons. The summed E-state index contributed by atoms with van der Waals surface area (Å²) in [6.45, 7) is 4.06. The zero-order valence-electron chi connectivity index (χ0n) is 13.5. The number of aromatic nitrogens is 1. The van der Waals surface area contributed by atoms with Gasteiger partial charge >= 0.3 is 5.97 Å². The van der Waals surface area contributed by atoms with Gasteiger partial charge < -0.3 is 10.1 Å². The van der Waals surface area contributed by atoms with E-state index in [1.807, 2.05) is 49.4 Å². The smallest absolute Gasteiger partial charge is 0.340 e. The first kappa shape index (κ1) is 16.3. The predicted octanol–water partition coefficient (Wildman–Crippen LogP) is 5.12. The van der Waals surface area contributed by atoms with E-state index in [1.165, 1.54) is 0 Å². The molecule has 0 aliphatic heterocycles. The summed E-state index contributed by atoms with van der Waals surface area (Å²) >= 11 is 6.18. The number of rotatable bonds is 4. The summed E-state index contributed by atoms with van der Waals surface area (Å²) < 4.78 is 5.11. The molecule has 0 saturated heterocycles. The Morgan fingerprint density at radius 3 is 2.67 bits per heavy atom. The van der Waals surface area contributed by atoms with E-state index in [0.29, 0.717) is 23.0 Å². The van der Waals surface area contributed by atoms with Crippen molar-refractivity contribution >= 4 is 39.8 Å². The molecule has 0 fully saturated rings. The standard InChI is InChI=1S/C19H17ClN2O2/c1-3-24-19(23)15-11-21-18(14-8-5-4-7-13(14)15)22-17-10-6-9-16(20)12(17)2/h4-11H,3H2,1-2H3,(H,21,22). The van der Waals surface area contributed by atoms with Crippen LogP contribution in [-0.2, 0) is 4.74 Å². The van der Waals surface area contributed by atoms with Gasteiger partial charge in [-0.15, -0.1) is 0 Å². The minimum atomic E-state index is -0.369. The Kier molecular flexibility index (Phi) is 4.67. The Hall–Kier alpha value is -2.59. The quantitative estimate of drug-likeness (QED) is 0.670. The first-order valence-electron chi connectivity index (χ1n) is 7.68. The Labute approximate surface area is 145 Å². The summed E-state index contributed by atoms with van der Waals surface area (Å²) in [5.74, 6) is 0.302. The first-order valence-corrected chi connectivity index (χ1v) is 8.06. The number of anilines is 2. The van der Waals surface area contributed by atoms with Gasteiger partial charge in [-0.1, -0.05) is 41.9 Å². The number of halogens is 1. The van der Waals surface area contributed by atoms with Crippen molar-refractivity contribution in [3.8, 4) is 0 Å². The number of ether oxygens (including phenoxy) is 1. The second-order valence-corrected chi connectivity index (χ2v) is 5.73. The van der Waals surface area contributed by atoms with Crippen LogP contribution < -0.4 is 5.32 Å². The van der Waals surface area contributed by atoms with Gasteiger partial charge in [-0.25, -0.2) is 9.78 Å². The fourth-order valence-electron chi connectivity index (χ4n) is 2.53. The molecule has 2 aromatic carbocycles. The van der Waals surface area contributed by atoms with Crippen LogP contribution >= 0.6 is 11.6 Å². The molecule has 3 rings (SSSR count). The Balaban J connectivity index is 2.08. The minimum Gasteiger partial charge on any atom is -0.462 e. The lowest BCUT2D eigenvalue weighted by Gasteiger charge is -2.13. The Morgan fingerprint density at radius 2 is 1.92 bits per heavy atom. The van der Waals surface area contributed by atoms with Gasteiger partial charge in [0.25, 0.3) is 0 Å². The Morgan fingerprint density at radius 1 is 1.17 bits per heavy atom. The van der Waals surface area contributed by atoms with Gasteiger partial charge in [0.2, 0.25) is 0 Å². The molecule has 5 heteroatoms. The predicted molar refractivity (Wildman–Crippen MR) is 97.2 cm³/mol. The monoisotopic (exact) mass is 340 g/mol. The maximum absolute atomic E-state index is 12.1. The maximum atomic E-state index is 12.1. The highest BCUT2D eigenvalue weighted by molar-refractivity contribution is 6.31. The zero-order valence-corrected chi connectivity index (χ0v) is 14.2. The molecule has 1 N–H and O–H groups in total. The van der Waals surface area contributed by atoms with Crippen LogP contribution in [0.2, 0.25) is 5.02 Å². The van der Waals surface area contributed by atoms with Gasteiger partial charge in [0.15, 0.2) is 0 Å². The van der Waals surface area contributed by atoms with E-state index < -0.39 is 0 Å². The molecule has 1 aromatic heterocycles. The van der Waals surface area contributed by atoms with Crippen LogP contribution in [-0.4, -0.2) is 17.6 Å². The van der Waals surface area contributed by atoms with Crippen molar-refractivity contribution in [1.82, 2.24) is 4.98 Å². The van der Waals surface area contributed by atoms with Crippen LogP contribution in [0.15, 0.2) is 48.7 Å². The maximum Gasteiger partial charge on any atom is 0.340 e. The molecular formula is C19H17ClN2O2. The molecule has 24 heavy (non-hydrogen) atoms. The third-order valence-corrected chi connectivity index (χ3v) is 4.22. The summed E-state index contributed by atoms with van der Waals surface area (Å²) in [6, 6.07) is 13.3. The SMILES string of the molecule is CCOC(=O)c1cnc(Nc2cccc(Cl)c2C)c2ccccc12. The summed E-state index contributed by atoms with van der Waals surface area (Å²) in [5, 5.41) is 5.64. The van der Waals surface area contributed by atoms with Gasteiger partial charge in [0, 0.05) is 27.7 Å². The summed E-state index contributed by atoms with van der Waals surface area (Å²) in [6.07, 6.45) is 1.54. The number of hydrogen-bond donors (Lipinski definition) is 1. The molecule has 0 saturated carbocycles. The molecular weight excluding hydrogens is 324 g/mol. The second-order valence-electron chi connectivity index (χ2n) is 5.32. The fourth-order valence-corrected chi connectivity index (χ4v) is 2.71. The third kappa shape index (κ3) is 3.05. The minimum absolute atomic E-state index is 0.328. The highest BCUT2D eigenvalue weighted by Gasteiger charge is 2.15. The molecule has 0 atom stereocenters.